The van der Waals surface area contributed by atoms with Crippen molar-refractivity contribution in [2.75, 3.05) is 18.4 Å². The van der Waals surface area contributed by atoms with E-state index in [1.807, 2.05) is 0 Å². The normalized spacial score (nSPS) is 21.5. The smallest absolute Gasteiger partial charge is 0.168 e. The second kappa shape index (κ2) is 5.21. The predicted octanol–water partition coefficient (Wildman–Crippen LogP) is 1.91. The quantitative estimate of drug-likeness (QED) is 0.810. The van der Waals surface area contributed by atoms with E-state index in [-0.39, 0.29) is 11.9 Å². The van der Waals surface area contributed by atoms with Crippen LogP contribution in [0.2, 0.25) is 0 Å². The Morgan fingerprint density at radius 1 is 1.38 bits per heavy atom. The highest BCUT2D eigenvalue weighted by atomic mass is 19.1. The number of hydrogen-bond donors (Lipinski definition) is 2. The van der Waals surface area contributed by atoms with Crippen molar-refractivity contribution >= 4 is 5.82 Å². The van der Waals surface area contributed by atoms with Crippen molar-refractivity contribution < 1.29 is 8.78 Å². The Bertz CT molecular complexity index is 349. The molecular formula is C11H15F2N3. The Hall–Kier alpha value is -1.23. The summed E-state index contributed by atoms with van der Waals surface area (Å²) in [5.74, 6) is -1.15. The van der Waals surface area contributed by atoms with Crippen LogP contribution in [0.5, 0.6) is 0 Å². The number of pyridine rings is 1. The third-order valence-corrected chi connectivity index (χ3v) is 2.70. The molecule has 1 aliphatic rings. The van der Waals surface area contributed by atoms with Crippen molar-refractivity contribution in [2.24, 2.45) is 0 Å². The molecule has 5 heteroatoms. The molecule has 1 saturated heterocycles. The molecule has 0 spiro atoms. The van der Waals surface area contributed by atoms with Crippen molar-refractivity contribution in [3.8, 4) is 0 Å². The number of hydrogen-bond acceptors (Lipinski definition) is 3. The number of halogens is 2. The fraction of sp³-hybridized carbons (Fsp3) is 0.545. The summed E-state index contributed by atoms with van der Waals surface area (Å²) in [4.78, 5) is 3.71. The van der Waals surface area contributed by atoms with Gasteiger partial charge in [-0.25, -0.2) is 13.8 Å². The largest absolute Gasteiger partial charge is 0.364 e. The Morgan fingerprint density at radius 2 is 2.25 bits per heavy atom. The van der Waals surface area contributed by atoms with Crippen LogP contribution in [-0.2, 0) is 0 Å². The van der Waals surface area contributed by atoms with Crippen LogP contribution in [0.15, 0.2) is 12.3 Å². The third-order valence-electron chi connectivity index (χ3n) is 2.70. The van der Waals surface area contributed by atoms with E-state index in [2.05, 4.69) is 15.6 Å². The minimum atomic E-state index is -0.651. The van der Waals surface area contributed by atoms with Gasteiger partial charge in [0.05, 0.1) is 6.20 Å². The molecule has 0 saturated carbocycles. The van der Waals surface area contributed by atoms with Crippen LogP contribution in [0.25, 0.3) is 0 Å². The summed E-state index contributed by atoms with van der Waals surface area (Å²) in [6.45, 7) is 1.79. The first kappa shape index (κ1) is 11.3. The van der Waals surface area contributed by atoms with Crippen LogP contribution < -0.4 is 10.6 Å². The van der Waals surface area contributed by atoms with Gasteiger partial charge in [0.2, 0.25) is 0 Å². The van der Waals surface area contributed by atoms with Gasteiger partial charge in [0.1, 0.15) is 5.82 Å². The summed E-state index contributed by atoms with van der Waals surface area (Å²) in [6.07, 6.45) is 4.24. The minimum Gasteiger partial charge on any atom is -0.364 e. The highest BCUT2D eigenvalue weighted by molar-refractivity contribution is 5.37. The fourth-order valence-electron chi connectivity index (χ4n) is 1.86. The summed E-state index contributed by atoms with van der Waals surface area (Å²) in [5.41, 5.74) is 0. The molecule has 1 atom stereocenters. The van der Waals surface area contributed by atoms with Crippen molar-refractivity contribution in [1.29, 1.82) is 0 Å². The lowest BCUT2D eigenvalue weighted by atomic mass is 10.1. The third kappa shape index (κ3) is 2.88. The highest BCUT2D eigenvalue weighted by Crippen LogP contribution is 2.15. The SMILES string of the molecule is Fc1cnc(NC2CCCCNC2)c(F)c1. The van der Waals surface area contributed by atoms with Gasteiger partial charge in [-0.1, -0.05) is 6.42 Å². The molecule has 2 heterocycles. The van der Waals surface area contributed by atoms with Gasteiger partial charge < -0.3 is 10.6 Å². The van der Waals surface area contributed by atoms with E-state index in [1.165, 1.54) is 0 Å². The molecule has 0 radical (unpaired) electrons. The summed E-state index contributed by atoms with van der Waals surface area (Å²) in [7, 11) is 0. The van der Waals surface area contributed by atoms with Crippen LogP contribution in [-0.4, -0.2) is 24.1 Å². The summed E-state index contributed by atoms with van der Waals surface area (Å²) in [6, 6.07) is 1.01. The van der Waals surface area contributed by atoms with Gasteiger partial charge in [-0.15, -0.1) is 0 Å². The zero-order valence-corrected chi connectivity index (χ0v) is 8.97. The number of nitrogens with one attached hydrogen (secondary N) is 2. The average Bonchev–Trinajstić information content (AvgIpc) is 2.51. The number of nitrogens with zero attached hydrogens (tertiary/aromatic N) is 1. The topological polar surface area (TPSA) is 37.0 Å². The van der Waals surface area contributed by atoms with E-state index in [4.69, 9.17) is 0 Å². The maximum absolute atomic E-state index is 13.3. The Morgan fingerprint density at radius 3 is 3.06 bits per heavy atom. The van der Waals surface area contributed by atoms with Crippen molar-refractivity contribution in [1.82, 2.24) is 10.3 Å². The van der Waals surface area contributed by atoms with Gasteiger partial charge in [0, 0.05) is 18.7 Å². The number of rotatable bonds is 2. The van der Waals surface area contributed by atoms with E-state index in [0.29, 0.717) is 0 Å². The molecular weight excluding hydrogens is 212 g/mol. The van der Waals surface area contributed by atoms with E-state index in [0.717, 1.165) is 44.6 Å². The molecule has 0 amide bonds. The zero-order valence-electron chi connectivity index (χ0n) is 8.97. The standard InChI is InChI=1S/C11H15F2N3/c12-8-5-10(13)11(15-6-8)16-9-3-1-2-4-14-7-9/h5-6,9,14H,1-4,7H2,(H,15,16). The van der Waals surface area contributed by atoms with Crippen LogP contribution in [0, 0.1) is 11.6 Å². The van der Waals surface area contributed by atoms with Crippen LogP contribution in [0.3, 0.4) is 0 Å². The van der Waals surface area contributed by atoms with Crippen molar-refractivity contribution in [3.63, 3.8) is 0 Å². The number of anilines is 1. The zero-order chi connectivity index (χ0) is 11.4. The Kier molecular flexibility index (Phi) is 3.66. The van der Waals surface area contributed by atoms with Crippen LogP contribution >= 0.6 is 0 Å². The lowest BCUT2D eigenvalue weighted by Gasteiger charge is -2.17. The maximum Gasteiger partial charge on any atom is 0.168 e. The summed E-state index contributed by atoms with van der Waals surface area (Å²) in [5, 5.41) is 6.26. The van der Waals surface area contributed by atoms with Gasteiger partial charge in [0.15, 0.2) is 11.6 Å². The van der Waals surface area contributed by atoms with Crippen LogP contribution in [0.4, 0.5) is 14.6 Å². The van der Waals surface area contributed by atoms with E-state index < -0.39 is 11.6 Å². The average molecular weight is 227 g/mol. The molecule has 1 fully saturated rings. The second-order valence-electron chi connectivity index (χ2n) is 4.03. The van der Waals surface area contributed by atoms with E-state index >= 15 is 0 Å². The maximum atomic E-state index is 13.3. The van der Waals surface area contributed by atoms with E-state index in [1.54, 1.807) is 0 Å². The molecule has 88 valence electrons. The van der Waals surface area contributed by atoms with E-state index in [9.17, 15) is 8.78 Å². The molecule has 0 aromatic carbocycles. The predicted molar refractivity (Wildman–Crippen MR) is 58.3 cm³/mol. The molecule has 1 unspecified atom stereocenters. The first-order chi connectivity index (χ1) is 7.75. The molecule has 2 rings (SSSR count). The first-order valence-corrected chi connectivity index (χ1v) is 5.54. The molecule has 0 aliphatic carbocycles. The lowest BCUT2D eigenvalue weighted by molar-refractivity contribution is 0.567. The Labute approximate surface area is 93.3 Å². The number of aromatic nitrogens is 1. The monoisotopic (exact) mass is 227 g/mol. The molecule has 3 nitrogen and oxygen atoms in total. The molecule has 1 aromatic rings. The first-order valence-electron chi connectivity index (χ1n) is 5.54. The highest BCUT2D eigenvalue weighted by Gasteiger charge is 2.14. The van der Waals surface area contributed by atoms with Gasteiger partial charge in [-0.2, -0.15) is 0 Å². The summed E-state index contributed by atoms with van der Waals surface area (Å²) < 4.78 is 26.0. The lowest BCUT2D eigenvalue weighted by Crippen LogP contribution is -2.31. The van der Waals surface area contributed by atoms with Crippen molar-refractivity contribution in [2.45, 2.75) is 25.3 Å². The second-order valence-corrected chi connectivity index (χ2v) is 4.03. The van der Waals surface area contributed by atoms with Crippen LogP contribution in [0.1, 0.15) is 19.3 Å². The van der Waals surface area contributed by atoms with Gasteiger partial charge in [0.25, 0.3) is 0 Å². The summed E-state index contributed by atoms with van der Waals surface area (Å²) >= 11 is 0. The minimum absolute atomic E-state index is 0.134. The molecule has 16 heavy (non-hydrogen) atoms. The van der Waals surface area contributed by atoms with Gasteiger partial charge in [-0.05, 0) is 19.4 Å². The Balaban J connectivity index is 2.01. The van der Waals surface area contributed by atoms with Gasteiger partial charge in [-0.3, -0.25) is 0 Å². The van der Waals surface area contributed by atoms with Gasteiger partial charge >= 0.3 is 0 Å². The molecule has 0 bridgehead atoms. The molecule has 1 aliphatic heterocycles. The van der Waals surface area contributed by atoms with Crippen molar-refractivity contribution in [3.05, 3.63) is 23.9 Å². The molecule has 2 N–H and O–H groups in total. The molecule has 1 aromatic heterocycles. The fourth-order valence-corrected chi connectivity index (χ4v) is 1.86.